The van der Waals surface area contributed by atoms with E-state index in [1.807, 2.05) is 36.4 Å². The van der Waals surface area contributed by atoms with Crippen molar-refractivity contribution in [2.45, 2.75) is 33.6 Å². The van der Waals surface area contributed by atoms with Gasteiger partial charge < -0.3 is 4.74 Å². The standard InChI is InChI=1S/C10H14.C8H8.C5H8O2/c1-3-9-7-5-6-8-10(9)4-2;1-2-8-6-4-3-5-7-8;1-4(2)5(6)7-3/h5-8H,3-4H2,1-2H3;2-7H,1H2;1H2,2-3H3. The molecule has 0 atom stereocenters. The van der Waals surface area contributed by atoms with Gasteiger partial charge >= 0.3 is 5.97 Å². The van der Waals surface area contributed by atoms with Gasteiger partial charge in [-0.05, 0) is 36.5 Å². The second kappa shape index (κ2) is 13.8. The molecule has 0 heterocycles. The van der Waals surface area contributed by atoms with Crippen LogP contribution in [0.15, 0.2) is 73.3 Å². The third-order valence-electron chi connectivity index (χ3n) is 3.45. The first-order valence-corrected chi connectivity index (χ1v) is 8.48. The van der Waals surface area contributed by atoms with Gasteiger partial charge in [0.05, 0.1) is 7.11 Å². The fourth-order valence-electron chi connectivity index (χ4n) is 2.01. The number of methoxy groups -OCH3 is 1. The van der Waals surface area contributed by atoms with Gasteiger partial charge in [0.1, 0.15) is 0 Å². The van der Waals surface area contributed by atoms with Gasteiger partial charge in [-0.1, -0.05) is 87.7 Å². The minimum absolute atomic E-state index is 0.347. The predicted molar refractivity (Wildman–Crippen MR) is 109 cm³/mol. The van der Waals surface area contributed by atoms with E-state index in [0.29, 0.717) is 5.57 Å². The van der Waals surface area contributed by atoms with E-state index in [1.54, 1.807) is 6.92 Å². The number of esters is 1. The molecule has 0 aliphatic carbocycles. The molecule has 0 aliphatic heterocycles. The minimum Gasteiger partial charge on any atom is -0.466 e. The van der Waals surface area contributed by atoms with Crippen molar-refractivity contribution in [3.05, 3.63) is 90.0 Å². The summed E-state index contributed by atoms with van der Waals surface area (Å²) in [6.45, 7) is 13.0. The molecular weight excluding hydrogens is 308 g/mol. The van der Waals surface area contributed by atoms with Crippen LogP contribution >= 0.6 is 0 Å². The lowest BCUT2D eigenvalue weighted by atomic mass is 10.0. The number of hydrogen-bond donors (Lipinski definition) is 0. The molecule has 0 bridgehead atoms. The maximum Gasteiger partial charge on any atom is 0.332 e. The van der Waals surface area contributed by atoms with Crippen LogP contribution in [0.25, 0.3) is 6.08 Å². The van der Waals surface area contributed by atoms with Crippen molar-refractivity contribution < 1.29 is 9.53 Å². The highest BCUT2D eigenvalue weighted by Crippen LogP contribution is 2.08. The summed E-state index contributed by atoms with van der Waals surface area (Å²) in [5, 5.41) is 0. The van der Waals surface area contributed by atoms with Crippen LogP contribution in [-0.4, -0.2) is 13.1 Å². The Labute approximate surface area is 152 Å². The molecule has 2 heteroatoms. The lowest BCUT2D eigenvalue weighted by Crippen LogP contribution is -1.98. The summed E-state index contributed by atoms with van der Waals surface area (Å²) in [5.74, 6) is -0.347. The Balaban J connectivity index is 0.000000353. The van der Waals surface area contributed by atoms with Crippen LogP contribution in [0.5, 0.6) is 0 Å². The molecule has 2 aromatic rings. The van der Waals surface area contributed by atoms with Crippen molar-refractivity contribution in [3.8, 4) is 0 Å². The Hall–Kier alpha value is -2.61. The van der Waals surface area contributed by atoms with E-state index < -0.39 is 0 Å². The molecule has 25 heavy (non-hydrogen) atoms. The van der Waals surface area contributed by atoms with Crippen molar-refractivity contribution in [2.75, 3.05) is 7.11 Å². The molecule has 2 rings (SSSR count). The minimum atomic E-state index is -0.347. The highest BCUT2D eigenvalue weighted by Gasteiger charge is 1.95. The van der Waals surface area contributed by atoms with Gasteiger partial charge in [0.25, 0.3) is 0 Å². The molecule has 0 amide bonds. The smallest absolute Gasteiger partial charge is 0.332 e. The van der Waals surface area contributed by atoms with Crippen molar-refractivity contribution in [1.29, 1.82) is 0 Å². The van der Waals surface area contributed by atoms with Crippen LogP contribution in [-0.2, 0) is 22.4 Å². The Morgan fingerprint density at radius 3 is 1.64 bits per heavy atom. The lowest BCUT2D eigenvalue weighted by Gasteiger charge is -2.02. The summed E-state index contributed by atoms with van der Waals surface area (Å²) >= 11 is 0. The monoisotopic (exact) mass is 338 g/mol. The maximum absolute atomic E-state index is 10.2. The van der Waals surface area contributed by atoms with Crippen LogP contribution in [0, 0.1) is 0 Å². The molecular formula is C23H30O2. The number of aryl methyl sites for hydroxylation is 2. The number of rotatable bonds is 4. The molecule has 0 radical (unpaired) electrons. The van der Waals surface area contributed by atoms with E-state index in [0.717, 1.165) is 12.8 Å². The first-order chi connectivity index (χ1) is 12.0. The number of benzene rings is 2. The average Bonchev–Trinajstić information content (AvgIpc) is 2.68. The molecule has 0 unspecified atom stereocenters. The van der Waals surface area contributed by atoms with E-state index in [9.17, 15) is 4.79 Å². The second-order valence-electron chi connectivity index (χ2n) is 5.36. The normalized spacial score (nSPS) is 8.80. The molecule has 0 saturated carbocycles. The Morgan fingerprint density at radius 1 is 0.960 bits per heavy atom. The van der Waals surface area contributed by atoms with E-state index >= 15 is 0 Å². The van der Waals surface area contributed by atoms with Gasteiger partial charge in [-0.3, -0.25) is 0 Å². The van der Waals surface area contributed by atoms with Crippen molar-refractivity contribution in [2.24, 2.45) is 0 Å². The van der Waals surface area contributed by atoms with Crippen LogP contribution in [0.3, 0.4) is 0 Å². The fourth-order valence-corrected chi connectivity index (χ4v) is 2.01. The molecule has 2 nitrogen and oxygen atoms in total. The molecule has 0 saturated heterocycles. The number of carbonyl (C=O) groups is 1. The Bertz CT molecular complexity index is 619. The van der Waals surface area contributed by atoms with Crippen LogP contribution < -0.4 is 0 Å². The first-order valence-electron chi connectivity index (χ1n) is 8.48. The van der Waals surface area contributed by atoms with Crippen molar-refractivity contribution in [3.63, 3.8) is 0 Å². The fraction of sp³-hybridized carbons (Fsp3) is 0.261. The van der Waals surface area contributed by atoms with E-state index in [-0.39, 0.29) is 5.97 Å². The molecule has 0 fully saturated rings. The third kappa shape index (κ3) is 9.98. The maximum atomic E-state index is 10.2. The number of carbonyl (C=O) groups excluding carboxylic acids is 1. The first kappa shape index (κ1) is 22.4. The second-order valence-corrected chi connectivity index (χ2v) is 5.36. The van der Waals surface area contributed by atoms with Gasteiger partial charge in [0.2, 0.25) is 0 Å². The van der Waals surface area contributed by atoms with Crippen LogP contribution in [0.4, 0.5) is 0 Å². The van der Waals surface area contributed by atoms with Crippen molar-refractivity contribution in [1.82, 2.24) is 0 Å². The molecule has 0 aromatic heterocycles. The quantitative estimate of drug-likeness (QED) is 0.514. The zero-order chi connectivity index (χ0) is 19.1. The highest BCUT2D eigenvalue weighted by atomic mass is 16.5. The molecule has 0 aliphatic rings. The summed E-state index contributed by atoms with van der Waals surface area (Å²) in [4.78, 5) is 10.2. The number of hydrogen-bond acceptors (Lipinski definition) is 2. The van der Waals surface area contributed by atoms with Gasteiger partial charge in [-0.25, -0.2) is 4.79 Å². The SMILES string of the molecule is C=C(C)C(=O)OC.C=Cc1ccccc1.CCc1ccccc1CC. The summed E-state index contributed by atoms with van der Waals surface area (Å²) in [6, 6.07) is 18.7. The molecule has 0 N–H and O–H groups in total. The zero-order valence-electron chi connectivity index (χ0n) is 15.9. The Kier molecular flexibility index (Phi) is 12.4. The van der Waals surface area contributed by atoms with Crippen LogP contribution in [0.1, 0.15) is 37.5 Å². The Morgan fingerprint density at radius 2 is 1.40 bits per heavy atom. The molecule has 134 valence electrons. The molecule has 2 aromatic carbocycles. The van der Waals surface area contributed by atoms with E-state index in [1.165, 1.54) is 23.8 Å². The van der Waals surface area contributed by atoms with E-state index in [2.05, 4.69) is 56.0 Å². The third-order valence-corrected chi connectivity index (χ3v) is 3.45. The lowest BCUT2D eigenvalue weighted by molar-refractivity contribution is -0.136. The summed E-state index contributed by atoms with van der Waals surface area (Å²) in [5.41, 5.74) is 4.59. The summed E-state index contributed by atoms with van der Waals surface area (Å²) in [7, 11) is 1.33. The van der Waals surface area contributed by atoms with Crippen LogP contribution in [0.2, 0.25) is 0 Å². The predicted octanol–water partition coefficient (Wildman–Crippen LogP) is 5.88. The number of ether oxygens (including phenoxy) is 1. The van der Waals surface area contributed by atoms with Crippen molar-refractivity contribution >= 4 is 12.0 Å². The highest BCUT2D eigenvalue weighted by molar-refractivity contribution is 5.86. The molecule has 0 spiro atoms. The zero-order valence-corrected chi connectivity index (χ0v) is 15.9. The topological polar surface area (TPSA) is 26.3 Å². The van der Waals surface area contributed by atoms with Gasteiger partial charge in [-0.15, -0.1) is 0 Å². The van der Waals surface area contributed by atoms with E-state index in [4.69, 9.17) is 0 Å². The van der Waals surface area contributed by atoms with Gasteiger partial charge in [0, 0.05) is 5.57 Å². The van der Waals surface area contributed by atoms with Gasteiger partial charge in [0.15, 0.2) is 0 Å². The summed E-state index contributed by atoms with van der Waals surface area (Å²) < 4.78 is 4.27. The van der Waals surface area contributed by atoms with Gasteiger partial charge in [-0.2, -0.15) is 0 Å². The summed E-state index contributed by atoms with van der Waals surface area (Å²) in [6.07, 6.45) is 4.15. The average molecular weight is 338 g/mol. The largest absolute Gasteiger partial charge is 0.466 e.